The van der Waals surface area contributed by atoms with Gasteiger partial charge in [-0.15, -0.1) is 0 Å². The average molecular weight is 380 g/mol. The molecule has 3 aromatic rings. The van der Waals surface area contributed by atoms with E-state index in [1.807, 2.05) is 18.2 Å². The Morgan fingerprint density at radius 3 is 2.64 bits per heavy atom. The van der Waals surface area contributed by atoms with Gasteiger partial charge in [0, 0.05) is 24.2 Å². The monoisotopic (exact) mass is 380 g/mol. The normalized spacial score (nSPS) is 14.1. The Morgan fingerprint density at radius 2 is 1.86 bits per heavy atom. The van der Waals surface area contributed by atoms with Crippen molar-refractivity contribution in [3.05, 3.63) is 54.6 Å². The van der Waals surface area contributed by atoms with Gasteiger partial charge in [0.25, 0.3) is 5.91 Å². The fourth-order valence-corrected chi connectivity index (χ4v) is 3.36. The number of hydrogen-bond donors (Lipinski definition) is 1. The molecule has 6 nitrogen and oxygen atoms in total. The summed E-state index contributed by atoms with van der Waals surface area (Å²) in [6.07, 6.45) is 5.14. The van der Waals surface area contributed by atoms with Gasteiger partial charge in [0.15, 0.2) is 6.61 Å². The smallest absolute Gasteiger partial charge is 0.262 e. The molecule has 2 aromatic carbocycles. The minimum atomic E-state index is -0.348. The highest BCUT2D eigenvalue weighted by Crippen LogP contribution is 2.28. The number of fused-ring (bicyclic) bond motifs is 1. The van der Waals surface area contributed by atoms with Crippen LogP contribution in [0.4, 0.5) is 15.9 Å². The van der Waals surface area contributed by atoms with E-state index in [1.165, 1.54) is 30.7 Å². The molecule has 1 fully saturated rings. The van der Waals surface area contributed by atoms with Crippen LogP contribution in [-0.4, -0.2) is 35.6 Å². The largest absolute Gasteiger partial charge is 0.484 e. The van der Waals surface area contributed by atoms with Crippen LogP contribution in [0.1, 0.15) is 19.3 Å². The molecule has 4 rings (SSSR count). The van der Waals surface area contributed by atoms with Gasteiger partial charge in [-0.3, -0.25) is 4.79 Å². The van der Waals surface area contributed by atoms with Crippen LogP contribution in [0, 0.1) is 5.82 Å². The van der Waals surface area contributed by atoms with Crippen molar-refractivity contribution in [3.63, 3.8) is 0 Å². The predicted octanol–water partition coefficient (Wildman–Crippen LogP) is 3.78. The topological polar surface area (TPSA) is 67.3 Å². The van der Waals surface area contributed by atoms with E-state index in [2.05, 4.69) is 20.2 Å². The quantitative estimate of drug-likeness (QED) is 0.730. The first-order chi connectivity index (χ1) is 13.7. The zero-order valence-corrected chi connectivity index (χ0v) is 15.4. The number of nitrogens with zero attached hydrogens (tertiary/aromatic N) is 3. The molecule has 144 valence electrons. The highest BCUT2D eigenvalue weighted by molar-refractivity contribution is 5.97. The zero-order chi connectivity index (χ0) is 19.3. The van der Waals surface area contributed by atoms with Crippen LogP contribution >= 0.6 is 0 Å². The Labute approximate surface area is 162 Å². The van der Waals surface area contributed by atoms with E-state index < -0.39 is 0 Å². The Hall–Kier alpha value is -3.22. The highest BCUT2D eigenvalue weighted by atomic mass is 19.1. The summed E-state index contributed by atoms with van der Waals surface area (Å²) in [7, 11) is 0. The Kier molecular flexibility index (Phi) is 5.32. The van der Waals surface area contributed by atoms with Crippen LogP contribution in [0.2, 0.25) is 0 Å². The number of carbonyl (C=O) groups is 1. The van der Waals surface area contributed by atoms with Crippen molar-refractivity contribution in [3.8, 4) is 5.75 Å². The van der Waals surface area contributed by atoms with Gasteiger partial charge in [0.2, 0.25) is 0 Å². The molecule has 7 heteroatoms. The van der Waals surface area contributed by atoms with E-state index in [-0.39, 0.29) is 18.3 Å². The summed E-state index contributed by atoms with van der Waals surface area (Å²) in [5.41, 5.74) is 1.50. The van der Waals surface area contributed by atoms with Gasteiger partial charge in [0.05, 0.1) is 5.52 Å². The molecular formula is C21H21FN4O2. The van der Waals surface area contributed by atoms with Gasteiger partial charge in [-0.05, 0) is 61.7 Å². The lowest BCUT2D eigenvalue weighted by atomic mass is 10.1. The number of halogens is 1. The second-order valence-electron chi connectivity index (χ2n) is 6.77. The SMILES string of the molecule is O=C(COc1ccc(F)cc1)Nc1ccc2ncnc(N3CCCCC3)c2c1. The van der Waals surface area contributed by atoms with E-state index >= 15 is 0 Å². The molecule has 1 aliphatic rings. The molecule has 0 spiro atoms. The summed E-state index contributed by atoms with van der Waals surface area (Å²) in [5.74, 6) is 0.707. The van der Waals surface area contributed by atoms with Gasteiger partial charge >= 0.3 is 0 Å². The van der Waals surface area contributed by atoms with Crippen molar-refractivity contribution < 1.29 is 13.9 Å². The Bertz CT molecular complexity index is 972. The standard InChI is InChI=1S/C21H21FN4O2/c22-15-4-7-17(8-5-15)28-13-20(27)25-16-6-9-19-18(12-16)21(24-14-23-19)26-10-2-1-3-11-26/h4-9,12,14H,1-3,10-11,13H2,(H,25,27). The molecule has 0 saturated carbocycles. The third-order valence-corrected chi connectivity index (χ3v) is 4.74. The molecule has 0 radical (unpaired) electrons. The average Bonchev–Trinajstić information content (AvgIpc) is 2.73. The number of amides is 1. The fourth-order valence-electron chi connectivity index (χ4n) is 3.36. The summed E-state index contributed by atoms with van der Waals surface area (Å²) < 4.78 is 18.3. The van der Waals surface area contributed by atoms with Crippen LogP contribution in [0.15, 0.2) is 48.8 Å². The number of aromatic nitrogens is 2. The van der Waals surface area contributed by atoms with Crippen molar-refractivity contribution in [1.82, 2.24) is 9.97 Å². The Morgan fingerprint density at radius 1 is 1.07 bits per heavy atom. The second-order valence-corrected chi connectivity index (χ2v) is 6.77. The number of hydrogen-bond acceptors (Lipinski definition) is 5. The van der Waals surface area contributed by atoms with Gasteiger partial charge in [0.1, 0.15) is 23.7 Å². The number of anilines is 2. The van der Waals surface area contributed by atoms with Gasteiger partial charge in [-0.25, -0.2) is 14.4 Å². The van der Waals surface area contributed by atoms with Crippen LogP contribution < -0.4 is 15.0 Å². The zero-order valence-electron chi connectivity index (χ0n) is 15.4. The second kappa shape index (κ2) is 8.21. The number of benzene rings is 2. The van der Waals surface area contributed by atoms with Crippen molar-refractivity contribution in [1.29, 1.82) is 0 Å². The van der Waals surface area contributed by atoms with E-state index in [0.717, 1.165) is 42.7 Å². The molecule has 0 bridgehead atoms. The van der Waals surface area contributed by atoms with Crippen LogP contribution in [0.25, 0.3) is 10.9 Å². The molecule has 0 atom stereocenters. The molecule has 1 N–H and O–H groups in total. The maximum Gasteiger partial charge on any atom is 0.262 e. The van der Waals surface area contributed by atoms with E-state index in [0.29, 0.717) is 11.4 Å². The maximum absolute atomic E-state index is 12.9. The molecule has 0 unspecified atom stereocenters. The van der Waals surface area contributed by atoms with Gasteiger partial charge < -0.3 is 15.0 Å². The molecule has 1 aromatic heterocycles. The lowest BCUT2D eigenvalue weighted by Gasteiger charge is -2.28. The molecular weight excluding hydrogens is 359 g/mol. The molecule has 28 heavy (non-hydrogen) atoms. The minimum absolute atomic E-state index is 0.159. The van der Waals surface area contributed by atoms with Crippen molar-refractivity contribution in [2.75, 3.05) is 29.9 Å². The van der Waals surface area contributed by atoms with Crippen LogP contribution in [0.5, 0.6) is 5.75 Å². The molecule has 1 aliphatic heterocycles. The van der Waals surface area contributed by atoms with Crippen LogP contribution in [0.3, 0.4) is 0 Å². The highest BCUT2D eigenvalue weighted by Gasteiger charge is 2.16. The number of carbonyl (C=O) groups excluding carboxylic acids is 1. The summed E-state index contributed by atoms with van der Waals surface area (Å²) in [6, 6.07) is 11.1. The van der Waals surface area contributed by atoms with Crippen LogP contribution in [-0.2, 0) is 4.79 Å². The van der Waals surface area contributed by atoms with Crippen molar-refractivity contribution in [2.24, 2.45) is 0 Å². The number of ether oxygens (including phenoxy) is 1. The number of piperidine rings is 1. The summed E-state index contributed by atoms with van der Waals surface area (Å²) in [5, 5.41) is 3.75. The number of rotatable bonds is 5. The molecule has 0 aliphatic carbocycles. The first kappa shape index (κ1) is 18.2. The van der Waals surface area contributed by atoms with Gasteiger partial charge in [-0.1, -0.05) is 0 Å². The van der Waals surface area contributed by atoms with Crippen molar-refractivity contribution >= 4 is 28.3 Å². The third kappa shape index (κ3) is 4.19. The van der Waals surface area contributed by atoms with Crippen molar-refractivity contribution in [2.45, 2.75) is 19.3 Å². The fraction of sp³-hybridized carbons (Fsp3) is 0.286. The third-order valence-electron chi connectivity index (χ3n) is 4.74. The predicted molar refractivity (Wildman–Crippen MR) is 106 cm³/mol. The van der Waals surface area contributed by atoms with E-state index in [9.17, 15) is 9.18 Å². The summed E-state index contributed by atoms with van der Waals surface area (Å²) >= 11 is 0. The maximum atomic E-state index is 12.9. The van der Waals surface area contributed by atoms with E-state index in [4.69, 9.17) is 4.74 Å². The lowest BCUT2D eigenvalue weighted by molar-refractivity contribution is -0.118. The molecule has 1 amide bonds. The first-order valence-electron chi connectivity index (χ1n) is 9.37. The lowest BCUT2D eigenvalue weighted by Crippen LogP contribution is -2.30. The molecule has 1 saturated heterocycles. The summed E-state index contributed by atoms with van der Waals surface area (Å²) in [6.45, 7) is 1.80. The Balaban J connectivity index is 1.47. The molecule has 2 heterocycles. The van der Waals surface area contributed by atoms with E-state index in [1.54, 1.807) is 6.33 Å². The minimum Gasteiger partial charge on any atom is -0.484 e. The van der Waals surface area contributed by atoms with Gasteiger partial charge in [-0.2, -0.15) is 0 Å². The number of nitrogens with one attached hydrogen (secondary N) is 1. The first-order valence-corrected chi connectivity index (χ1v) is 9.37. The summed E-state index contributed by atoms with van der Waals surface area (Å²) in [4.78, 5) is 23.3.